The second-order valence-electron chi connectivity index (χ2n) is 4.18. The van der Waals surface area contributed by atoms with Gasteiger partial charge < -0.3 is 15.0 Å². The molecule has 0 radical (unpaired) electrons. The van der Waals surface area contributed by atoms with E-state index in [2.05, 4.69) is 39.2 Å². The third-order valence-corrected chi connectivity index (χ3v) is 2.92. The van der Waals surface area contributed by atoms with Crippen LogP contribution in [0.3, 0.4) is 0 Å². The molecule has 0 aliphatic carbocycles. The van der Waals surface area contributed by atoms with Crippen molar-refractivity contribution in [2.45, 2.75) is 26.7 Å². The topological polar surface area (TPSA) is 35.4 Å². The van der Waals surface area contributed by atoms with E-state index in [4.69, 9.17) is 4.74 Å². The maximum atomic E-state index is 5.84. The minimum atomic E-state index is 0. The molecule has 0 aliphatic heterocycles. The molecule has 1 aromatic heterocycles. The van der Waals surface area contributed by atoms with Crippen LogP contribution in [0.4, 0.5) is 5.82 Å². The molecule has 0 unspecified atom stereocenters. The number of halogens is 1. The number of hydrogen-bond acceptors (Lipinski definition) is 2. The minimum absolute atomic E-state index is 0. The molecule has 116 valence electrons. The summed E-state index contributed by atoms with van der Waals surface area (Å²) in [5, 5.41) is 5.40. The van der Waals surface area contributed by atoms with E-state index in [1.807, 2.05) is 31.9 Å². The Morgan fingerprint density at radius 1 is 1.30 bits per heavy atom. The van der Waals surface area contributed by atoms with Gasteiger partial charge in [-0.2, -0.15) is 0 Å². The van der Waals surface area contributed by atoms with Crippen molar-refractivity contribution in [1.82, 2.24) is 4.98 Å². The Balaban J connectivity index is 0.00000115. The number of unbranched alkanes of at least 4 members (excludes halogenated alkanes) is 1. The standard InChI is InChI=1S/C14H19N2O.CH3Br.Cu/c1-4-5-9-17-12-8-6-7-11-10(2)16-14(15-3)13(11)12;1-2;/h6-8,15H,4-5,9H2,1-3H3;1H3;/q-1;;+1. The molecule has 1 N–H and O–H groups in total. The molecule has 0 aliphatic rings. The number of alkyl halides is 1. The van der Waals surface area contributed by atoms with Crippen LogP contribution in [0.25, 0.3) is 10.8 Å². The number of nitrogens with one attached hydrogen (secondary N) is 1. The third kappa shape index (κ3) is 4.44. The van der Waals surface area contributed by atoms with Crippen molar-refractivity contribution in [3.63, 3.8) is 0 Å². The molecular formula is C15H22BrCuN2O. The summed E-state index contributed by atoms with van der Waals surface area (Å²) in [6, 6.07) is 6.13. The van der Waals surface area contributed by atoms with Gasteiger partial charge >= 0.3 is 17.1 Å². The van der Waals surface area contributed by atoms with Gasteiger partial charge in [0, 0.05) is 5.39 Å². The third-order valence-electron chi connectivity index (χ3n) is 2.92. The molecule has 20 heavy (non-hydrogen) atoms. The van der Waals surface area contributed by atoms with E-state index in [1.54, 1.807) is 0 Å². The number of rotatable bonds is 5. The largest absolute Gasteiger partial charge is 1.00 e. The SMILES string of the molecule is CBr.CCCCOc1cccc2c(C)[n-]c(NC)c12.[Cu+]. The molecule has 0 bridgehead atoms. The zero-order valence-electron chi connectivity index (χ0n) is 12.4. The zero-order chi connectivity index (χ0) is 14.3. The van der Waals surface area contributed by atoms with Crippen LogP contribution in [0.15, 0.2) is 18.2 Å². The summed E-state index contributed by atoms with van der Waals surface area (Å²) >= 11 is 2.94. The number of hydrogen-bond donors (Lipinski definition) is 1. The Hall–Kier alpha value is -0.641. The van der Waals surface area contributed by atoms with Crippen LogP contribution < -0.4 is 15.0 Å². The molecule has 2 rings (SSSR count). The summed E-state index contributed by atoms with van der Waals surface area (Å²) in [5.41, 5.74) is 1.05. The van der Waals surface area contributed by atoms with E-state index in [9.17, 15) is 0 Å². The van der Waals surface area contributed by atoms with Gasteiger partial charge in [0.1, 0.15) is 5.75 Å². The molecule has 0 amide bonds. The van der Waals surface area contributed by atoms with Gasteiger partial charge in [-0.05, 0) is 30.6 Å². The van der Waals surface area contributed by atoms with E-state index >= 15 is 0 Å². The van der Waals surface area contributed by atoms with Gasteiger partial charge in [-0.15, -0.1) is 0 Å². The van der Waals surface area contributed by atoms with Crippen LogP contribution >= 0.6 is 15.9 Å². The summed E-state index contributed by atoms with van der Waals surface area (Å²) in [7, 11) is 1.89. The molecule has 3 nitrogen and oxygen atoms in total. The Labute approximate surface area is 140 Å². The molecule has 1 heterocycles. The van der Waals surface area contributed by atoms with Crippen molar-refractivity contribution in [2.24, 2.45) is 0 Å². The van der Waals surface area contributed by atoms with Crippen LogP contribution in [0.2, 0.25) is 0 Å². The van der Waals surface area contributed by atoms with Gasteiger partial charge in [0.2, 0.25) is 0 Å². The summed E-state index contributed by atoms with van der Waals surface area (Å²) in [5.74, 6) is 3.65. The predicted octanol–water partition coefficient (Wildman–Crippen LogP) is 4.33. The first-order valence-electron chi connectivity index (χ1n) is 6.52. The second-order valence-corrected chi connectivity index (χ2v) is 4.18. The van der Waals surface area contributed by atoms with Gasteiger partial charge in [0.15, 0.2) is 0 Å². The smallest absolute Gasteiger partial charge is 0.493 e. The number of benzene rings is 1. The van der Waals surface area contributed by atoms with Crippen molar-refractivity contribution >= 4 is 32.5 Å². The average molecular weight is 390 g/mol. The van der Waals surface area contributed by atoms with E-state index in [-0.39, 0.29) is 17.1 Å². The monoisotopic (exact) mass is 388 g/mol. The van der Waals surface area contributed by atoms with Crippen LogP contribution in [0, 0.1) is 6.92 Å². The van der Waals surface area contributed by atoms with E-state index in [0.29, 0.717) is 0 Å². The Morgan fingerprint density at radius 3 is 2.60 bits per heavy atom. The predicted molar refractivity (Wildman–Crippen MR) is 86.8 cm³/mol. The molecular weight excluding hydrogens is 368 g/mol. The summed E-state index contributed by atoms with van der Waals surface area (Å²) in [4.78, 5) is 4.51. The maximum absolute atomic E-state index is 5.84. The Kier molecular flexibility index (Phi) is 9.81. The average Bonchev–Trinajstić information content (AvgIpc) is 2.79. The fourth-order valence-corrected chi connectivity index (χ4v) is 1.99. The fraction of sp³-hybridized carbons (Fsp3) is 0.467. The second kappa shape index (κ2) is 10.1. The molecule has 0 saturated carbocycles. The van der Waals surface area contributed by atoms with Crippen molar-refractivity contribution in [3.8, 4) is 5.75 Å². The van der Waals surface area contributed by atoms with Crippen molar-refractivity contribution in [3.05, 3.63) is 23.9 Å². The van der Waals surface area contributed by atoms with Crippen LogP contribution in [-0.4, -0.2) is 19.5 Å². The van der Waals surface area contributed by atoms with Crippen molar-refractivity contribution in [1.29, 1.82) is 0 Å². The summed E-state index contributed by atoms with van der Waals surface area (Å²) in [6.45, 7) is 4.96. The first-order chi connectivity index (χ1) is 9.27. The number of aromatic nitrogens is 1. The summed E-state index contributed by atoms with van der Waals surface area (Å²) < 4.78 is 5.84. The number of ether oxygens (including phenoxy) is 1. The molecule has 5 heteroatoms. The van der Waals surface area contributed by atoms with E-state index < -0.39 is 0 Å². The zero-order valence-corrected chi connectivity index (χ0v) is 14.9. The molecule has 0 atom stereocenters. The van der Waals surface area contributed by atoms with Crippen LogP contribution in [0.5, 0.6) is 5.75 Å². The number of aryl methyl sites for hydroxylation is 1. The quantitative estimate of drug-likeness (QED) is 0.469. The number of anilines is 1. The first kappa shape index (κ1) is 19.4. The van der Waals surface area contributed by atoms with Gasteiger partial charge in [-0.3, -0.25) is 0 Å². The molecule has 1 aromatic carbocycles. The first-order valence-corrected chi connectivity index (χ1v) is 8.11. The fourth-order valence-electron chi connectivity index (χ4n) is 1.99. The van der Waals surface area contributed by atoms with Crippen LogP contribution in [0.1, 0.15) is 25.5 Å². The van der Waals surface area contributed by atoms with Crippen molar-refractivity contribution < 1.29 is 21.8 Å². The van der Waals surface area contributed by atoms with Gasteiger partial charge in [-0.1, -0.05) is 60.0 Å². The normalized spacial score (nSPS) is 9.45. The van der Waals surface area contributed by atoms with Crippen LogP contribution in [-0.2, 0) is 17.1 Å². The molecule has 2 aromatic rings. The molecule has 0 saturated heterocycles. The Morgan fingerprint density at radius 2 is 2.00 bits per heavy atom. The van der Waals surface area contributed by atoms with Gasteiger partial charge in [0.05, 0.1) is 6.61 Å². The van der Waals surface area contributed by atoms with E-state index in [0.717, 1.165) is 42.1 Å². The van der Waals surface area contributed by atoms with Gasteiger partial charge in [0.25, 0.3) is 0 Å². The van der Waals surface area contributed by atoms with Crippen molar-refractivity contribution in [2.75, 3.05) is 24.8 Å². The summed E-state index contributed by atoms with van der Waals surface area (Å²) in [6.07, 6.45) is 2.23. The minimum Gasteiger partial charge on any atom is -0.493 e. The number of nitrogens with zero attached hydrogens (tertiary/aromatic N) is 1. The van der Waals surface area contributed by atoms with E-state index in [1.165, 1.54) is 5.39 Å². The number of fused-ring (bicyclic) bond motifs is 1. The Bertz CT molecular complexity index is 514. The molecule has 0 spiro atoms. The van der Waals surface area contributed by atoms with Gasteiger partial charge in [-0.25, -0.2) is 0 Å². The maximum Gasteiger partial charge on any atom is 1.00 e. The molecule has 0 fully saturated rings.